The predicted molar refractivity (Wildman–Crippen MR) is 137 cm³/mol. The van der Waals surface area contributed by atoms with Gasteiger partial charge in [0, 0.05) is 10.0 Å². The molecule has 2 heterocycles. The van der Waals surface area contributed by atoms with Crippen molar-refractivity contribution < 1.29 is 28.6 Å². The molecule has 1 N–H and O–H groups in total. The molecular weight excluding hydrogens is 551 g/mol. The topological polar surface area (TPSA) is 96.8 Å². The van der Waals surface area contributed by atoms with E-state index in [2.05, 4.69) is 27.5 Å². The highest BCUT2D eigenvalue weighted by Gasteiger charge is 2.48. The first kappa shape index (κ1) is 25.5. The Balaban J connectivity index is 1.89. The summed E-state index contributed by atoms with van der Waals surface area (Å²) in [5.41, 5.74) is 1.04. The molecule has 1 aliphatic rings. The molecule has 1 fully saturated rings. The monoisotopic (exact) mass is 570 g/mol. The molecule has 0 radical (unpaired) electrons. The second-order valence-electron chi connectivity index (χ2n) is 7.98. The van der Waals surface area contributed by atoms with Crippen molar-refractivity contribution in [1.82, 2.24) is 4.98 Å². The Morgan fingerprint density at radius 1 is 1.25 bits per heavy atom. The Labute approximate surface area is 218 Å². The van der Waals surface area contributed by atoms with Gasteiger partial charge >= 0.3 is 11.9 Å². The Morgan fingerprint density at radius 3 is 2.58 bits per heavy atom. The van der Waals surface area contributed by atoms with Gasteiger partial charge in [-0.2, -0.15) is 0 Å². The number of carbonyl (C=O) groups excluding carboxylic acids is 3. The lowest BCUT2D eigenvalue weighted by atomic mass is 9.95. The summed E-state index contributed by atoms with van der Waals surface area (Å²) in [7, 11) is 0. The van der Waals surface area contributed by atoms with Gasteiger partial charge in [0.1, 0.15) is 23.1 Å². The summed E-state index contributed by atoms with van der Waals surface area (Å²) in [5, 5.41) is 11.2. The van der Waals surface area contributed by atoms with E-state index in [-0.39, 0.29) is 27.8 Å². The minimum absolute atomic E-state index is 0.00201. The molecule has 1 atom stereocenters. The molecule has 0 spiro atoms. The quantitative estimate of drug-likeness (QED) is 0.136. The molecule has 1 saturated heterocycles. The Morgan fingerprint density at radius 2 is 1.94 bits per heavy atom. The molecule has 3 aromatic rings. The van der Waals surface area contributed by atoms with Crippen molar-refractivity contribution >= 4 is 55.8 Å². The van der Waals surface area contributed by atoms with Crippen LogP contribution in [0, 0.1) is 19.7 Å². The minimum atomic E-state index is -1.06. The van der Waals surface area contributed by atoms with Gasteiger partial charge in [-0.05, 0) is 43.2 Å². The normalized spacial score (nSPS) is 16.9. The lowest BCUT2D eigenvalue weighted by molar-refractivity contribution is -0.132. The molecule has 1 aromatic heterocycles. The van der Waals surface area contributed by atoms with E-state index < -0.39 is 35.3 Å². The number of ether oxygens (including phenoxy) is 1. The van der Waals surface area contributed by atoms with Gasteiger partial charge in [0.2, 0.25) is 0 Å². The zero-order valence-corrected chi connectivity index (χ0v) is 21.7. The summed E-state index contributed by atoms with van der Waals surface area (Å²) in [6.07, 6.45) is 1.43. The number of benzene rings is 2. The highest BCUT2D eigenvalue weighted by atomic mass is 79.9. The number of aliphatic hydroxyl groups excluding tert-OH is 1. The molecule has 4 rings (SSSR count). The van der Waals surface area contributed by atoms with Crippen LogP contribution in [0.2, 0.25) is 0 Å². The third kappa shape index (κ3) is 4.61. The first-order valence-corrected chi connectivity index (χ1v) is 12.3. The second-order valence-corrected chi connectivity index (χ2v) is 9.88. The van der Waals surface area contributed by atoms with Crippen LogP contribution in [0.3, 0.4) is 0 Å². The van der Waals surface area contributed by atoms with Crippen LogP contribution in [0.25, 0.3) is 5.76 Å². The molecule has 2 aromatic carbocycles. The molecule has 1 amide bonds. The summed E-state index contributed by atoms with van der Waals surface area (Å²) >= 11 is 4.26. The summed E-state index contributed by atoms with van der Waals surface area (Å²) in [5.74, 6) is -3.60. The zero-order valence-electron chi connectivity index (χ0n) is 19.2. The van der Waals surface area contributed by atoms with E-state index in [4.69, 9.17) is 4.74 Å². The first-order valence-electron chi connectivity index (χ1n) is 10.7. The smallest absolute Gasteiger partial charge is 0.350 e. The number of esters is 1. The lowest BCUT2D eigenvalue weighted by Gasteiger charge is -2.23. The number of aliphatic hydroxyl groups is 1. The largest absolute Gasteiger partial charge is 0.507 e. The van der Waals surface area contributed by atoms with E-state index in [1.165, 1.54) is 18.2 Å². The zero-order chi connectivity index (χ0) is 26.1. The van der Waals surface area contributed by atoms with Crippen molar-refractivity contribution in [2.75, 3.05) is 11.5 Å². The van der Waals surface area contributed by atoms with Gasteiger partial charge in [0.25, 0.3) is 5.78 Å². The molecule has 1 aliphatic heterocycles. The van der Waals surface area contributed by atoms with Gasteiger partial charge in [0.05, 0.1) is 17.3 Å². The molecule has 36 heavy (non-hydrogen) atoms. The molecular formula is C26H20BrFN2O5S. The fraction of sp³-hybridized carbons (Fsp3) is 0.154. The molecule has 10 heteroatoms. The number of thiazole rings is 1. The molecule has 184 valence electrons. The van der Waals surface area contributed by atoms with Crippen LogP contribution in [-0.4, -0.2) is 34.4 Å². The number of Topliss-reactive ketones (excluding diaryl/α,β-unsaturated/α-hetero) is 1. The van der Waals surface area contributed by atoms with Crippen LogP contribution in [0.1, 0.15) is 38.1 Å². The molecule has 1 unspecified atom stereocenters. The summed E-state index contributed by atoms with van der Waals surface area (Å²) in [6, 6.07) is 9.83. The van der Waals surface area contributed by atoms with Gasteiger partial charge in [-0.15, -0.1) is 0 Å². The Bertz CT molecular complexity index is 1430. The third-order valence-corrected chi connectivity index (χ3v) is 7.25. The van der Waals surface area contributed by atoms with Crippen LogP contribution in [-0.2, 0) is 14.3 Å². The van der Waals surface area contributed by atoms with Crippen molar-refractivity contribution in [3.05, 3.63) is 98.2 Å². The van der Waals surface area contributed by atoms with Crippen LogP contribution >= 0.6 is 27.3 Å². The van der Waals surface area contributed by atoms with Crippen molar-refractivity contribution in [1.29, 1.82) is 0 Å². The van der Waals surface area contributed by atoms with Gasteiger partial charge in [-0.1, -0.05) is 64.2 Å². The SMILES string of the molecule is C=CCOC(=O)c1sc(N2C(=O)C(=O)/C(=C(/O)c3ccc(C)c(F)c3)C2c2ccc(Br)cc2)nc1C. The maximum absolute atomic E-state index is 14.3. The Hall–Kier alpha value is -3.63. The minimum Gasteiger partial charge on any atom is -0.507 e. The number of amides is 1. The fourth-order valence-corrected chi connectivity index (χ4v) is 5.01. The average molecular weight is 571 g/mol. The Kier molecular flexibility index (Phi) is 7.18. The lowest BCUT2D eigenvalue weighted by Crippen LogP contribution is -2.29. The van der Waals surface area contributed by atoms with Crippen LogP contribution < -0.4 is 4.90 Å². The van der Waals surface area contributed by atoms with E-state index in [9.17, 15) is 23.9 Å². The molecule has 0 bridgehead atoms. The van der Waals surface area contributed by atoms with E-state index in [1.54, 1.807) is 38.1 Å². The van der Waals surface area contributed by atoms with E-state index in [0.29, 0.717) is 16.8 Å². The summed E-state index contributed by atoms with van der Waals surface area (Å²) in [4.78, 5) is 44.6. The highest BCUT2D eigenvalue weighted by Crippen LogP contribution is 2.44. The van der Waals surface area contributed by atoms with Crippen molar-refractivity contribution in [2.45, 2.75) is 19.9 Å². The standard InChI is InChI=1S/C26H20BrFN2O5S/c1-4-11-35-25(34)23-14(3)29-26(36-23)30-20(15-7-9-17(27)10-8-15)19(22(32)24(30)33)21(31)16-6-5-13(2)18(28)12-16/h4-10,12,20,31H,1,11H2,2-3H3/b21-19+. The number of anilines is 1. The maximum Gasteiger partial charge on any atom is 0.350 e. The number of halogens is 2. The summed E-state index contributed by atoms with van der Waals surface area (Å²) < 4.78 is 20.1. The average Bonchev–Trinajstić information content (AvgIpc) is 3.36. The van der Waals surface area contributed by atoms with E-state index in [0.717, 1.165) is 26.8 Å². The fourth-order valence-electron chi connectivity index (χ4n) is 3.76. The van der Waals surface area contributed by atoms with E-state index in [1.807, 2.05) is 0 Å². The second kappa shape index (κ2) is 10.2. The third-order valence-electron chi connectivity index (χ3n) is 5.58. The number of nitrogens with zero attached hydrogens (tertiary/aromatic N) is 2. The number of ketones is 1. The van der Waals surface area contributed by atoms with Crippen molar-refractivity contribution in [3.63, 3.8) is 0 Å². The predicted octanol–water partition coefficient (Wildman–Crippen LogP) is 5.63. The molecule has 0 saturated carbocycles. The van der Waals surface area contributed by atoms with Gasteiger partial charge in [-0.3, -0.25) is 14.5 Å². The van der Waals surface area contributed by atoms with Crippen molar-refractivity contribution in [2.24, 2.45) is 0 Å². The van der Waals surface area contributed by atoms with Crippen LogP contribution in [0.5, 0.6) is 0 Å². The number of hydrogen-bond acceptors (Lipinski definition) is 7. The molecule has 7 nitrogen and oxygen atoms in total. The van der Waals surface area contributed by atoms with Crippen LogP contribution in [0.15, 0.2) is 65.2 Å². The number of aryl methyl sites for hydroxylation is 2. The first-order chi connectivity index (χ1) is 17.1. The van der Waals surface area contributed by atoms with Crippen LogP contribution in [0.4, 0.5) is 9.52 Å². The van der Waals surface area contributed by atoms with Crippen molar-refractivity contribution in [3.8, 4) is 0 Å². The van der Waals surface area contributed by atoms with Gasteiger partial charge < -0.3 is 9.84 Å². The summed E-state index contributed by atoms with van der Waals surface area (Å²) in [6.45, 7) is 6.67. The maximum atomic E-state index is 14.3. The number of aromatic nitrogens is 1. The number of hydrogen-bond donors (Lipinski definition) is 1. The molecule has 0 aliphatic carbocycles. The highest BCUT2D eigenvalue weighted by molar-refractivity contribution is 9.10. The number of carbonyl (C=O) groups is 3. The van der Waals surface area contributed by atoms with E-state index >= 15 is 0 Å². The number of rotatable bonds is 6. The van der Waals surface area contributed by atoms with Gasteiger partial charge in [-0.25, -0.2) is 14.2 Å². The van der Waals surface area contributed by atoms with Gasteiger partial charge in [0.15, 0.2) is 5.13 Å².